The Hall–Kier alpha value is -4.06. The van der Waals surface area contributed by atoms with Gasteiger partial charge >= 0.3 is 5.97 Å². The molecule has 0 heterocycles. The summed E-state index contributed by atoms with van der Waals surface area (Å²) in [5.41, 5.74) is 2.25. The average Bonchev–Trinajstić information content (AvgIpc) is 2.93. The lowest BCUT2D eigenvalue weighted by Crippen LogP contribution is -2.16. The highest BCUT2D eigenvalue weighted by molar-refractivity contribution is 5.76. The molecule has 0 aromatic heterocycles. The van der Waals surface area contributed by atoms with Crippen LogP contribution in [0.3, 0.4) is 0 Å². The maximum absolute atomic E-state index is 13.2. The summed E-state index contributed by atoms with van der Waals surface area (Å²) in [6, 6.07) is 22.8. The Morgan fingerprint density at radius 3 is 1.89 bits per heavy atom. The third kappa shape index (κ3) is 7.46. The summed E-state index contributed by atoms with van der Waals surface area (Å²) >= 11 is 0. The van der Waals surface area contributed by atoms with Crippen LogP contribution in [0.5, 0.6) is 17.2 Å². The predicted octanol–water partition coefficient (Wildman–Crippen LogP) is 4.49. The Bertz CT molecular complexity index is 1140. The fourth-order valence-corrected chi connectivity index (χ4v) is 3.77. The number of carbonyl (C=O) groups excluding carboxylic acids is 1. The molecule has 0 atom stereocenters. The van der Waals surface area contributed by atoms with Crippen molar-refractivity contribution in [2.75, 3.05) is 47.8 Å². The standard InChI is InChI=1S/C29H31NO7/c1-32-14-16-35-25-18-23(28(34-3)24(20-30)29(25)36-17-15-33-2)19-26(31)37-27(21-10-6-4-7-11-21)22-12-8-5-9-13-22/h4-13,18,27H,14-17,19H2,1-3H3. The summed E-state index contributed by atoms with van der Waals surface area (Å²) in [6.45, 7) is 1.08. The molecule has 0 unspecified atom stereocenters. The van der Waals surface area contributed by atoms with E-state index < -0.39 is 12.1 Å². The number of rotatable bonds is 14. The Kier molecular flexibility index (Phi) is 10.8. The molecule has 0 bridgehead atoms. The van der Waals surface area contributed by atoms with E-state index in [0.29, 0.717) is 24.5 Å². The molecule has 37 heavy (non-hydrogen) atoms. The van der Waals surface area contributed by atoms with Gasteiger partial charge in [-0.15, -0.1) is 0 Å². The molecule has 3 rings (SSSR count). The second-order valence-electron chi connectivity index (χ2n) is 7.93. The molecule has 0 radical (unpaired) electrons. The van der Waals surface area contributed by atoms with E-state index in [-0.39, 0.29) is 36.7 Å². The number of nitrogens with zero attached hydrogens (tertiary/aromatic N) is 1. The lowest BCUT2D eigenvalue weighted by molar-refractivity contribution is -0.146. The Morgan fingerprint density at radius 1 is 0.811 bits per heavy atom. The molecule has 0 aliphatic rings. The summed E-state index contributed by atoms with van der Waals surface area (Å²) in [5.74, 6) is 0.254. The van der Waals surface area contributed by atoms with Gasteiger partial charge in [0.15, 0.2) is 17.6 Å². The van der Waals surface area contributed by atoms with Crippen molar-refractivity contribution in [2.45, 2.75) is 12.5 Å². The Morgan fingerprint density at radius 2 is 1.38 bits per heavy atom. The number of methoxy groups -OCH3 is 3. The van der Waals surface area contributed by atoms with Crippen LogP contribution in [-0.4, -0.2) is 53.7 Å². The zero-order valence-corrected chi connectivity index (χ0v) is 21.3. The minimum absolute atomic E-state index is 0.124. The van der Waals surface area contributed by atoms with Gasteiger partial charge in [0.1, 0.15) is 30.6 Å². The van der Waals surface area contributed by atoms with Crippen LogP contribution in [0, 0.1) is 11.3 Å². The molecular weight excluding hydrogens is 474 g/mol. The van der Waals surface area contributed by atoms with Crippen molar-refractivity contribution in [1.82, 2.24) is 0 Å². The highest BCUT2D eigenvalue weighted by Gasteiger charge is 2.25. The number of carbonyl (C=O) groups is 1. The molecule has 0 saturated carbocycles. The molecule has 0 fully saturated rings. The van der Waals surface area contributed by atoms with E-state index >= 15 is 0 Å². The highest BCUT2D eigenvalue weighted by atomic mass is 16.6. The number of benzene rings is 3. The molecule has 8 nitrogen and oxygen atoms in total. The van der Waals surface area contributed by atoms with Crippen LogP contribution in [0.1, 0.15) is 28.4 Å². The Labute approximate surface area is 217 Å². The normalized spacial score (nSPS) is 10.6. The van der Waals surface area contributed by atoms with Gasteiger partial charge < -0.3 is 28.4 Å². The molecule has 0 aliphatic carbocycles. The van der Waals surface area contributed by atoms with Crippen molar-refractivity contribution in [3.05, 3.63) is 89.0 Å². The summed E-state index contributed by atoms with van der Waals surface area (Å²) < 4.78 is 33.3. The van der Waals surface area contributed by atoms with Crippen molar-refractivity contribution in [2.24, 2.45) is 0 Å². The van der Waals surface area contributed by atoms with E-state index in [1.807, 2.05) is 60.7 Å². The number of hydrogen-bond donors (Lipinski definition) is 0. The van der Waals surface area contributed by atoms with Crippen LogP contribution >= 0.6 is 0 Å². The third-order valence-electron chi connectivity index (χ3n) is 5.46. The molecule has 0 saturated heterocycles. The van der Waals surface area contributed by atoms with Crippen molar-refractivity contribution in [3.63, 3.8) is 0 Å². The van der Waals surface area contributed by atoms with E-state index in [4.69, 9.17) is 28.4 Å². The lowest BCUT2D eigenvalue weighted by Gasteiger charge is -2.21. The summed E-state index contributed by atoms with van der Waals surface area (Å²) in [5, 5.41) is 9.95. The quantitative estimate of drug-likeness (QED) is 0.234. The lowest BCUT2D eigenvalue weighted by atomic mass is 10.0. The number of hydrogen-bond acceptors (Lipinski definition) is 8. The van der Waals surface area contributed by atoms with Gasteiger partial charge in [-0.25, -0.2) is 0 Å². The zero-order chi connectivity index (χ0) is 26.5. The smallest absolute Gasteiger partial charge is 0.311 e. The van der Waals surface area contributed by atoms with E-state index in [1.54, 1.807) is 20.3 Å². The van der Waals surface area contributed by atoms with Gasteiger partial charge in [0.25, 0.3) is 0 Å². The first kappa shape index (κ1) is 27.5. The topological polar surface area (TPSA) is 96.2 Å². The van der Waals surface area contributed by atoms with Gasteiger partial charge in [-0.2, -0.15) is 5.26 Å². The average molecular weight is 506 g/mol. The predicted molar refractivity (Wildman–Crippen MR) is 137 cm³/mol. The first-order valence-corrected chi connectivity index (χ1v) is 11.8. The number of esters is 1. The summed E-state index contributed by atoms with van der Waals surface area (Å²) in [7, 11) is 4.55. The van der Waals surface area contributed by atoms with Crippen molar-refractivity contribution in [3.8, 4) is 23.3 Å². The molecular formula is C29H31NO7. The van der Waals surface area contributed by atoms with Gasteiger partial charge in [-0.05, 0) is 17.2 Å². The van der Waals surface area contributed by atoms with E-state index in [2.05, 4.69) is 6.07 Å². The fraction of sp³-hybridized carbons (Fsp3) is 0.310. The zero-order valence-electron chi connectivity index (χ0n) is 21.3. The van der Waals surface area contributed by atoms with Gasteiger partial charge in [0.05, 0.1) is 26.7 Å². The van der Waals surface area contributed by atoms with E-state index in [1.165, 1.54) is 7.11 Å². The molecule has 3 aromatic rings. The van der Waals surface area contributed by atoms with Gasteiger partial charge in [0.2, 0.25) is 0 Å². The largest absolute Gasteiger partial charge is 0.495 e. The van der Waals surface area contributed by atoms with Crippen molar-refractivity contribution < 1.29 is 33.2 Å². The van der Waals surface area contributed by atoms with Crippen LogP contribution in [0.4, 0.5) is 0 Å². The molecule has 3 aromatic carbocycles. The highest BCUT2D eigenvalue weighted by Crippen LogP contribution is 2.41. The molecule has 0 spiro atoms. The first-order chi connectivity index (χ1) is 18.1. The molecule has 0 N–H and O–H groups in total. The van der Waals surface area contributed by atoms with Gasteiger partial charge in [-0.3, -0.25) is 4.79 Å². The molecule has 8 heteroatoms. The Balaban J connectivity index is 1.94. The minimum Gasteiger partial charge on any atom is -0.495 e. The van der Waals surface area contributed by atoms with Crippen molar-refractivity contribution in [1.29, 1.82) is 5.26 Å². The molecule has 194 valence electrons. The minimum atomic E-state index is -0.592. The van der Waals surface area contributed by atoms with E-state index in [9.17, 15) is 10.1 Å². The second-order valence-corrected chi connectivity index (χ2v) is 7.93. The third-order valence-corrected chi connectivity index (χ3v) is 5.46. The van der Waals surface area contributed by atoms with Crippen LogP contribution < -0.4 is 14.2 Å². The second kappa shape index (κ2) is 14.5. The molecule has 0 amide bonds. The maximum atomic E-state index is 13.2. The van der Waals surface area contributed by atoms with Gasteiger partial charge in [-0.1, -0.05) is 60.7 Å². The summed E-state index contributed by atoms with van der Waals surface area (Å²) in [4.78, 5) is 13.2. The van der Waals surface area contributed by atoms with Crippen LogP contribution in [0.15, 0.2) is 66.7 Å². The van der Waals surface area contributed by atoms with Crippen molar-refractivity contribution >= 4 is 5.97 Å². The monoisotopic (exact) mass is 505 g/mol. The maximum Gasteiger partial charge on any atom is 0.311 e. The van der Waals surface area contributed by atoms with E-state index in [0.717, 1.165) is 11.1 Å². The molecule has 0 aliphatic heterocycles. The summed E-state index contributed by atoms with van der Waals surface area (Å²) in [6.07, 6.45) is -0.738. The SMILES string of the molecule is COCCOc1cc(CC(=O)OC(c2ccccc2)c2ccccc2)c(OC)c(C#N)c1OCCOC. The van der Waals surface area contributed by atoms with Crippen LogP contribution in [0.25, 0.3) is 0 Å². The fourth-order valence-electron chi connectivity index (χ4n) is 3.77. The number of nitriles is 1. The first-order valence-electron chi connectivity index (χ1n) is 11.8. The van der Waals surface area contributed by atoms with Crippen LogP contribution in [-0.2, 0) is 25.4 Å². The number of ether oxygens (including phenoxy) is 6. The van der Waals surface area contributed by atoms with Crippen LogP contribution in [0.2, 0.25) is 0 Å². The van der Waals surface area contributed by atoms with Gasteiger partial charge in [0, 0.05) is 19.8 Å².